The van der Waals surface area contributed by atoms with Gasteiger partial charge in [0.05, 0.1) is 0 Å². The fourth-order valence-electron chi connectivity index (χ4n) is 0.854. The van der Waals surface area contributed by atoms with Gasteiger partial charge in [0, 0.05) is 6.20 Å². The lowest BCUT2D eigenvalue weighted by Crippen LogP contribution is -1.94. The zero-order valence-corrected chi connectivity index (χ0v) is 5.88. The second kappa shape index (κ2) is 2.26. The van der Waals surface area contributed by atoms with Crippen molar-refractivity contribution in [3.8, 4) is 0 Å². The van der Waals surface area contributed by atoms with Crippen LogP contribution in [0, 0.1) is 0 Å². The molecule has 0 aliphatic heterocycles. The minimum atomic E-state index is -1.07. The first-order valence-electron chi connectivity index (χ1n) is 3.15. The molecule has 2 heterocycles. The van der Waals surface area contributed by atoms with Crippen LogP contribution in [0.1, 0.15) is 10.5 Å². The van der Waals surface area contributed by atoms with Crippen molar-refractivity contribution in [2.75, 3.05) is 0 Å². The predicted molar refractivity (Wildman–Crippen MR) is 37.7 cm³/mol. The Morgan fingerprint density at radius 3 is 3.08 bits per heavy atom. The molecule has 0 aromatic carbocycles. The third kappa shape index (κ3) is 0.895. The largest absolute Gasteiger partial charge is 0.476 e. The predicted octanol–water partition coefficient (Wildman–Crippen LogP) is -0.177. The number of aromatic nitrogens is 4. The Morgan fingerprint density at radius 1 is 1.58 bits per heavy atom. The van der Waals surface area contributed by atoms with Crippen LogP contribution in [-0.4, -0.2) is 30.4 Å². The molecule has 0 saturated carbocycles. The van der Waals surface area contributed by atoms with Crippen molar-refractivity contribution in [1.82, 2.24) is 19.4 Å². The zero-order valence-electron chi connectivity index (χ0n) is 5.88. The van der Waals surface area contributed by atoms with E-state index in [0.29, 0.717) is 5.78 Å². The van der Waals surface area contributed by atoms with Gasteiger partial charge in [0.2, 0.25) is 5.78 Å². The van der Waals surface area contributed by atoms with E-state index in [1.807, 2.05) is 0 Å². The Morgan fingerprint density at radius 2 is 2.42 bits per heavy atom. The lowest BCUT2D eigenvalue weighted by molar-refractivity contribution is 0.0691. The summed E-state index contributed by atoms with van der Waals surface area (Å²) in [6.45, 7) is 0. The molecule has 0 atom stereocenters. The summed E-state index contributed by atoms with van der Waals surface area (Å²) >= 11 is 0. The van der Waals surface area contributed by atoms with Crippen LogP contribution in [0.3, 0.4) is 0 Å². The molecule has 2 aromatic heterocycles. The van der Waals surface area contributed by atoms with Crippen molar-refractivity contribution in [1.29, 1.82) is 0 Å². The van der Waals surface area contributed by atoms with Crippen molar-refractivity contribution < 1.29 is 9.90 Å². The first kappa shape index (κ1) is 6.71. The summed E-state index contributed by atoms with van der Waals surface area (Å²) in [6, 6.07) is 0. The quantitative estimate of drug-likeness (QED) is 0.632. The van der Waals surface area contributed by atoms with E-state index in [1.54, 1.807) is 0 Å². The van der Waals surface area contributed by atoms with Crippen molar-refractivity contribution in [2.24, 2.45) is 0 Å². The molecule has 0 unspecified atom stereocenters. The number of nitrogens with zero attached hydrogens (tertiary/aromatic N) is 4. The zero-order chi connectivity index (χ0) is 8.55. The summed E-state index contributed by atoms with van der Waals surface area (Å²) in [5, 5.41) is 8.56. The van der Waals surface area contributed by atoms with E-state index in [4.69, 9.17) is 5.11 Å². The monoisotopic (exact) mass is 164 g/mol. The summed E-state index contributed by atoms with van der Waals surface area (Å²) in [5.74, 6) is -0.733. The Bertz CT molecular complexity index is 403. The summed E-state index contributed by atoms with van der Waals surface area (Å²) in [7, 11) is 0. The van der Waals surface area contributed by atoms with E-state index in [1.165, 1.54) is 23.3 Å². The van der Waals surface area contributed by atoms with Crippen molar-refractivity contribution in [2.45, 2.75) is 0 Å². The molecule has 12 heavy (non-hydrogen) atoms. The maximum absolute atomic E-state index is 10.4. The third-order valence-corrected chi connectivity index (χ3v) is 1.36. The molecule has 0 aliphatic rings. The van der Waals surface area contributed by atoms with E-state index in [0.717, 1.165) is 0 Å². The molecule has 0 fully saturated rings. The topological polar surface area (TPSA) is 80.4 Å². The van der Waals surface area contributed by atoms with Gasteiger partial charge in [0.15, 0.2) is 5.69 Å². The summed E-state index contributed by atoms with van der Waals surface area (Å²) < 4.78 is 1.45. The molecule has 1 N–H and O–H groups in total. The molecule has 6 heteroatoms. The molecule has 0 spiro atoms. The Hall–Kier alpha value is -1.98. The molecule has 0 aliphatic carbocycles. The standard InChI is InChI=1S/C6H4N4O2/c11-5(12)4-1-10-3-7-2-8-6(10)9-4/h1-3H,(H,11,12). The number of hydrogen-bond donors (Lipinski definition) is 1. The summed E-state index contributed by atoms with van der Waals surface area (Å²) in [5.41, 5.74) is -0.0319. The molecule has 6 nitrogen and oxygen atoms in total. The summed E-state index contributed by atoms with van der Waals surface area (Å²) in [6.07, 6.45) is 4.12. The van der Waals surface area contributed by atoms with Crippen LogP contribution in [0.25, 0.3) is 5.78 Å². The van der Waals surface area contributed by atoms with Crippen LogP contribution in [-0.2, 0) is 0 Å². The van der Waals surface area contributed by atoms with Crippen LogP contribution in [0.5, 0.6) is 0 Å². The van der Waals surface area contributed by atoms with Crippen molar-refractivity contribution in [3.05, 3.63) is 24.5 Å². The fourth-order valence-corrected chi connectivity index (χ4v) is 0.854. The van der Waals surface area contributed by atoms with E-state index in [2.05, 4.69) is 15.0 Å². The Labute approximate surface area is 66.5 Å². The first-order chi connectivity index (χ1) is 5.77. The number of carbonyl (C=O) groups is 1. The average Bonchev–Trinajstić information content (AvgIpc) is 2.46. The van der Waals surface area contributed by atoms with Crippen LogP contribution in [0.2, 0.25) is 0 Å². The van der Waals surface area contributed by atoms with E-state index in [9.17, 15) is 4.79 Å². The first-order valence-corrected chi connectivity index (χ1v) is 3.15. The number of aromatic carboxylic acids is 1. The molecule has 0 amide bonds. The van der Waals surface area contributed by atoms with Crippen molar-refractivity contribution in [3.63, 3.8) is 0 Å². The van der Waals surface area contributed by atoms with Gasteiger partial charge in [-0.3, -0.25) is 4.40 Å². The maximum Gasteiger partial charge on any atom is 0.356 e. The average molecular weight is 164 g/mol. The van der Waals surface area contributed by atoms with Gasteiger partial charge in [-0.05, 0) is 0 Å². The van der Waals surface area contributed by atoms with Gasteiger partial charge in [-0.1, -0.05) is 0 Å². The number of hydrogen-bond acceptors (Lipinski definition) is 4. The summed E-state index contributed by atoms with van der Waals surface area (Å²) in [4.78, 5) is 21.6. The number of carboxylic acids is 1. The van der Waals surface area contributed by atoms with Crippen molar-refractivity contribution >= 4 is 11.7 Å². The highest BCUT2D eigenvalue weighted by atomic mass is 16.4. The maximum atomic E-state index is 10.4. The van der Waals surface area contributed by atoms with Gasteiger partial charge in [0.25, 0.3) is 0 Å². The van der Waals surface area contributed by atoms with E-state index < -0.39 is 5.97 Å². The van der Waals surface area contributed by atoms with E-state index in [-0.39, 0.29) is 5.69 Å². The van der Waals surface area contributed by atoms with Gasteiger partial charge in [0.1, 0.15) is 12.7 Å². The van der Waals surface area contributed by atoms with Gasteiger partial charge in [-0.2, -0.15) is 0 Å². The van der Waals surface area contributed by atoms with Gasteiger partial charge in [-0.25, -0.2) is 19.7 Å². The van der Waals surface area contributed by atoms with Crippen LogP contribution < -0.4 is 0 Å². The van der Waals surface area contributed by atoms with Crippen LogP contribution in [0.15, 0.2) is 18.9 Å². The molecule has 0 saturated heterocycles. The molecular formula is C6H4N4O2. The number of fused-ring (bicyclic) bond motifs is 1. The highest BCUT2D eigenvalue weighted by Gasteiger charge is 2.07. The number of carboxylic acid groups (broad SMARTS) is 1. The van der Waals surface area contributed by atoms with Gasteiger partial charge in [-0.15, -0.1) is 0 Å². The van der Waals surface area contributed by atoms with E-state index >= 15 is 0 Å². The second-order valence-electron chi connectivity index (χ2n) is 2.15. The van der Waals surface area contributed by atoms with Crippen LogP contribution >= 0.6 is 0 Å². The lowest BCUT2D eigenvalue weighted by Gasteiger charge is -1.84. The molecular weight excluding hydrogens is 160 g/mol. The molecule has 2 aromatic rings. The second-order valence-corrected chi connectivity index (χ2v) is 2.15. The molecule has 2 rings (SSSR count). The molecule has 60 valence electrons. The highest BCUT2D eigenvalue weighted by molar-refractivity contribution is 5.85. The fraction of sp³-hybridized carbons (Fsp3) is 0. The van der Waals surface area contributed by atoms with Gasteiger partial charge >= 0.3 is 5.97 Å². The molecule has 0 radical (unpaired) electrons. The minimum absolute atomic E-state index is 0.0319. The smallest absolute Gasteiger partial charge is 0.356 e. The third-order valence-electron chi connectivity index (χ3n) is 1.36. The number of rotatable bonds is 1. The molecule has 0 bridgehead atoms. The minimum Gasteiger partial charge on any atom is -0.476 e. The lowest BCUT2D eigenvalue weighted by atomic mass is 10.5. The number of imidazole rings is 1. The normalized spacial score (nSPS) is 10.3. The SMILES string of the molecule is O=C(O)c1cn2cncnc2n1. The Balaban J connectivity index is 2.70. The highest BCUT2D eigenvalue weighted by Crippen LogP contribution is 1.99. The Kier molecular flexibility index (Phi) is 1.26. The van der Waals surface area contributed by atoms with Crippen LogP contribution in [0.4, 0.5) is 0 Å². The van der Waals surface area contributed by atoms with Gasteiger partial charge < -0.3 is 5.11 Å².